The molecule has 0 radical (unpaired) electrons. The number of Topliss-reactive ketones (excluding diaryl/α,β-unsaturated/α-hetero) is 3. The Balaban J connectivity index is 1.44. The summed E-state index contributed by atoms with van der Waals surface area (Å²) < 4.78 is 32.3. The van der Waals surface area contributed by atoms with Gasteiger partial charge in [0.05, 0.1) is 30.5 Å². The van der Waals surface area contributed by atoms with Crippen LogP contribution in [0, 0.1) is 41.4 Å². The summed E-state index contributed by atoms with van der Waals surface area (Å²) in [5, 5.41) is 23.3. The topological polar surface area (TPSA) is 199 Å². The molecule has 1 aliphatic carbocycles. The fraction of sp³-hybridized carbons (Fsp3) is 0.774. The van der Waals surface area contributed by atoms with E-state index in [1.165, 1.54) is 12.0 Å². The predicted octanol–water partition coefficient (Wildman–Crippen LogP) is 7.20. The molecule has 0 spiro atoms. The summed E-state index contributed by atoms with van der Waals surface area (Å²) >= 11 is 0. The van der Waals surface area contributed by atoms with E-state index in [1.54, 1.807) is 39.1 Å². The van der Waals surface area contributed by atoms with E-state index in [1.807, 2.05) is 71.9 Å². The maximum Gasteiger partial charge on any atom is 0.329 e. The molecule has 0 aromatic carbocycles. The highest BCUT2D eigenvalue weighted by Gasteiger charge is 2.51. The molecular formula is C53H83N5O11. The number of ketones is 3. The second kappa shape index (κ2) is 25.9. The summed E-state index contributed by atoms with van der Waals surface area (Å²) in [5.41, 5.74) is -0.460. The van der Waals surface area contributed by atoms with Gasteiger partial charge in [0.2, 0.25) is 0 Å². The Hall–Kier alpha value is -3.96. The zero-order valence-electron chi connectivity index (χ0n) is 43.3. The first kappa shape index (κ1) is 56.0. The number of piperidine rings is 1. The number of cyclic esters (lactones) is 1. The van der Waals surface area contributed by atoms with Gasteiger partial charge in [-0.2, -0.15) is 0 Å². The van der Waals surface area contributed by atoms with Crippen molar-refractivity contribution in [3.05, 3.63) is 42.3 Å². The summed E-state index contributed by atoms with van der Waals surface area (Å²) in [4.78, 5) is 73.1. The van der Waals surface area contributed by atoms with Crippen LogP contribution in [-0.2, 0) is 47.7 Å². The van der Waals surface area contributed by atoms with Gasteiger partial charge in [-0.3, -0.25) is 19.2 Å². The third-order valence-electron chi connectivity index (χ3n) is 16.0. The quantitative estimate of drug-likeness (QED) is 0.213. The smallest absolute Gasteiger partial charge is 0.329 e. The van der Waals surface area contributed by atoms with Crippen LogP contribution in [0.3, 0.4) is 0 Å². The minimum absolute atomic E-state index is 0.0275. The van der Waals surface area contributed by atoms with Crippen molar-refractivity contribution < 1.29 is 52.8 Å². The lowest BCUT2D eigenvalue weighted by atomic mass is 9.77. The summed E-state index contributed by atoms with van der Waals surface area (Å²) in [7, 11) is 4.75. The SMILES string of the molecule is CO[C@H]1C[C@@H]2CC[C@@H](C)[C@@](C)(O2)C(=O)C(=O)N2CCCC[C@H]2C(=O)O[C@H]([C@H](C)C[C@@H]2CC[C@H](n3cnnn3)[C@H](OC)C2)CC(=O)[C@H](C)CC(C)[C@@H](O)[C@@H](OC)C(=O)[C@H](C)C[C@H](C)/C=C/C=C/C=C/1C. The lowest BCUT2D eigenvalue weighted by Gasteiger charge is -2.44. The molecule has 2 bridgehead atoms. The first-order chi connectivity index (χ1) is 32.8. The molecule has 4 aliphatic rings. The predicted molar refractivity (Wildman–Crippen MR) is 259 cm³/mol. The lowest BCUT2D eigenvalue weighted by Crippen LogP contribution is -2.59. The molecule has 386 valence electrons. The van der Waals surface area contributed by atoms with Crippen LogP contribution in [0.25, 0.3) is 0 Å². The average molecular weight is 966 g/mol. The van der Waals surface area contributed by atoms with Crippen molar-refractivity contribution in [1.82, 2.24) is 25.1 Å². The number of tetrazole rings is 1. The number of hydrogen-bond acceptors (Lipinski definition) is 14. The number of aliphatic hydroxyl groups is 1. The van der Waals surface area contributed by atoms with Crippen LogP contribution >= 0.6 is 0 Å². The standard InChI is InChI=1S/C53H83N5O11/c1-32-17-13-12-14-18-33(2)44(65-9)29-40-22-20-38(7)53(8,69-40)50(62)51(63)57-24-16-15-19-42(57)52(64)68-45(35(4)27-39-21-23-41(46(28-39)66-10)58-31-54-55-56-58)30-43(59)34(3)26-37(6)48(61)49(67-11)47(60)36(5)25-32/h12-14,17-18,31-32,34-42,44-46,48-49,61H,15-16,19-30H2,1-11H3/b14-12+,17-13+,33-18+/t32-,34-,35-,36-,37?,38-,39+,40+,41+,42+,44+,45+,46-,48-,49+,53-/m1/s1. The van der Waals surface area contributed by atoms with E-state index in [9.17, 15) is 29.1 Å². The molecule has 16 atom stereocenters. The number of amides is 1. The fourth-order valence-electron chi connectivity index (χ4n) is 11.3. The Morgan fingerprint density at radius 2 is 1.62 bits per heavy atom. The van der Waals surface area contributed by atoms with Crippen molar-refractivity contribution in [3.8, 4) is 0 Å². The van der Waals surface area contributed by atoms with Crippen molar-refractivity contribution in [2.45, 2.75) is 193 Å². The molecule has 1 unspecified atom stereocenters. The number of rotatable bonds is 7. The molecule has 1 aromatic rings. The van der Waals surface area contributed by atoms with E-state index in [2.05, 4.69) is 15.5 Å². The zero-order valence-corrected chi connectivity index (χ0v) is 43.3. The maximum atomic E-state index is 14.6. The highest BCUT2D eigenvalue weighted by Crippen LogP contribution is 2.40. The molecule has 1 N–H and O–H groups in total. The number of hydrogen-bond donors (Lipinski definition) is 1. The van der Waals surface area contributed by atoms with Crippen LogP contribution in [0.4, 0.5) is 0 Å². The number of carbonyl (C=O) groups is 5. The van der Waals surface area contributed by atoms with Crippen molar-refractivity contribution in [3.63, 3.8) is 0 Å². The van der Waals surface area contributed by atoms with Gasteiger partial charge in [0, 0.05) is 52.6 Å². The van der Waals surface area contributed by atoms with Crippen molar-refractivity contribution in [1.29, 1.82) is 0 Å². The molecule has 3 aliphatic heterocycles. The second-order valence-corrected chi connectivity index (χ2v) is 21.3. The fourth-order valence-corrected chi connectivity index (χ4v) is 11.3. The van der Waals surface area contributed by atoms with Crippen LogP contribution in [0.15, 0.2) is 42.3 Å². The van der Waals surface area contributed by atoms with Crippen molar-refractivity contribution in [2.24, 2.45) is 41.4 Å². The van der Waals surface area contributed by atoms with Crippen molar-refractivity contribution in [2.75, 3.05) is 27.9 Å². The largest absolute Gasteiger partial charge is 0.460 e. The van der Waals surface area contributed by atoms with Gasteiger partial charge in [-0.1, -0.05) is 71.9 Å². The number of aliphatic hydroxyl groups excluding tert-OH is 1. The molecule has 2 saturated heterocycles. The summed E-state index contributed by atoms with van der Waals surface area (Å²) in [5.74, 6) is -4.18. The highest BCUT2D eigenvalue weighted by molar-refractivity contribution is 6.39. The Labute approximate surface area is 410 Å². The number of nitrogens with zero attached hydrogens (tertiary/aromatic N) is 5. The number of ether oxygens (including phenoxy) is 5. The Kier molecular flexibility index (Phi) is 21.0. The molecular weight excluding hydrogens is 883 g/mol. The molecule has 69 heavy (non-hydrogen) atoms. The number of aromatic nitrogens is 4. The van der Waals surface area contributed by atoms with Crippen LogP contribution in [-0.4, -0.2) is 136 Å². The normalized spacial score (nSPS) is 39.2. The molecule has 3 fully saturated rings. The highest BCUT2D eigenvalue weighted by atomic mass is 16.5. The second-order valence-electron chi connectivity index (χ2n) is 21.3. The van der Waals surface area contributed by atoms with Gasteiger partial charge in [0.15, 0.2) is 5.78 Å². The monoisotopic (exact) mass is 966 g/mol. The third-order valence-corrected chi connectivity index (χ3v) is 16.0. The number of allylic oxidation sites excluding steroid dienone is 5. The van der Waals surface area contributed by atoms with E-state index >= 15 is 0 Å². The Morgan fingerprint density at radius 3 is 2.30 bits per heavy atom. The summed E-state index contributed by atoms with van der Waals surface area (Å²) in [6, 6.07) is -1.05. The van der Waals surface area contributed by atoms with Gasteiger partial charge < -0.3 is 33.7 Å². The first-order valence-electron chi connectivity index (χ1n) is 25.6. The van der Waals surface area contributed by atoms with Gasteiger partial charge in [0.1, 0.15) is 36.0 Å². The van der Waals surface area contributed by atoms with E-state index in [4.69, 9.17) is 23.7 Å². The number of fused-ring (bicyclic) bond motifs is 3. The third kappa shape index (κ3) is 14.4. The van der Waals surface area contributed by atoms with Crippen molar-refractivity contribution >= 4 is 29.2 Å². The minimum atomic E-state index is -1.43. The molecule has 4 heterocycles. The van der Waals surface area contributed by atoms with E-state index in [0.29, 0.717) is 57.8 Å². The maximum absolute atomic E-state index is 14.6. The molecule has 1 amide bonds. The minimum Gasteiger partial charge on any atom is -0.460 e. The van der Waals surface area contributed by atoms with Gasteiger partial charge in [-0.15, -0.1) is 5.10 Å². The van der Waals surface area contributed by atoms with E-state index in [-0.39, 0.29) is 79.0 Å². The first-order valence-corrected chi connectivity index (χ1v) is 25.6. The summed E-state index contributed by atoms with van der Waals surface area (Å²) in [6.07, 6.45) is 14.7. The number of esters is 1. The van der Waals surface area contributed by atoms with Crippen LogP contribution in [0.1, 0.15) is 145 Å². The lowest BCUT2D eigenvalue weighted by molar-refractivity contribution is -0.184. The average Bonchev–Trinajstić information content (AvgIpc) is 3.88. The molecule has 1 saturated carbocycles. The van der Waals surface area contributed by atoms with Gasteiger partial charge in [0.25, 0.3) is 11.7 Å². The van der Waals surface area contributed by atoms with Gasteiger partial charge in [-0.05, 0) is 130 Å². The number of carbonyl (C=O) groups excluding carboxylic acids is 5. The summed E-state index contributed by atoms with van der Waals surface area (Å²) in [6.45, 7) is 15.3. The molecule has 5 rings (SSSR count). The Bertz CT molecular complexity index is 1960. The molecule has 16 nitrogen and oxygen atoms in total. The zero-order chi connectivity index (χ0) is 50.6. The van der Waals surface area contributed by atoms with Gasteiger partial charge in [-0.25, -0.2) is 9.48 Å². The molecule has 1 aromatic heterocycles. The van der Waals surface area contributed by atoms with Gasteiger partial charge >= 0.3 is 5.97 Å². The van der Waals surface area contributed by atoms with Crippen LogP contribution in [0.2, 0.25) is 0 Å². The van der Waals surface area contributed by atoms with Crippen LogP contribution in [0.5, 0.6) is 0 Å². The molecule has 16 heteroatoms. The van der Waals surface area contributed by atoms with E-state index < -0.39 is 65.4 Å². The van der Waals surface area contributed by atoms with E-state index in [0.717, 1.165) is 18.4 Å². The van der Waals surface area contributed by atoms with Crippen LogP contribution < -0.4 is 0 Å². The Morgan fingerprint density at radius 1 is 0.870 bits per heavy atom. The number of methoxy groups -OCH3 is 3.